The van der Waals surface area contributed by atoms with Gasteiger partial charge in [0.1, 0.15) is 5.82 Å². The van der Waals surface area contributed by atoms with Crippen LogP contribution in [0.4, 0.5) is 0 Å². The lowest BCUT2D eigenvalue weighted by atomic mass is 9.73. The first-order chi connectivity index (χ1) is 13.1. The van der Waals surface area contributed by atoms with Crippen LogP contribution in [0.5, 0.6) is 0 Å². The van der Waals surface area contributed by atoms with Crippen molar-refractivity contribution < 1.29 is 4.79 Å². The number of carbonyl (C=O) groups excluding carboxylic acids is 1. The number of likely N-dealkylation sites (tertiary alicyclic amines) is 1. The highest BCUT2D eigenvalue weighted by atomic mass is 32.1. The summed E-state index contributed by atoms with van der Waals surface area (Å²) in [6, 6.07) is 0. The lowest BCUT2D eigenvalue weighted by Gasteiger charge is -2.44. The molecule has 0 bridgehead atoms. The molecule has 0 radical (unpaired) electrons. The summed E-state index contributed by atoms with van der Waals surface area (Å²) in [7, 11) is 0. The summed E-state index contributed by atoms with van der Waals surface area (Å²) < 4.78 is 2.08. The van der Waals surface area contributed by atoms with Crippen molar-refractivity contribution in [3.8, 4) is 0 Å². The van der Waals surface area contributed by atoms with E-state index in [9.17, 15) is 4.79 Å². The second-order valence-corrected chi connectivity index (χ2v) is 8.86. The third kappa shape index (κ3) is 3.78. The molecule has 2 aromatic heterocycles. The molecular weight excluding hydrogens is 360 g/mol. The van der Waals surface area contributed by atoms with Crippen molar-refractivity contribution in [3.05, 3.63) is 27.7 Å². The van der Waals surface area contributed by atoms with Gasteiger partial charge in [0.25, 0.3) is 5.91 Å². The number of piperidine rings is 1. The second-order valence-electron chi connectivity index (χ2n) is 7.92. The molecule has 2 aliphatic heterocycles. The second kappa shape index (κ2) is 7.67. The first-order valence-corrected chi connectivity index (χ1v) is 10.8. The fourth-order valence-corrected chi connectivity index (χ4v) is 5.06. The number of aromatic nitrogens is 4. The predicted molar refractivity (Wildman–Crippen MR) is 105 cm³/mol. The minimum absolute atomic E-state index is 0.0919. The van der Waals surface area contributed by atoms with E-state index < -0.39 is 0 Å². The molecule has 8 heteroatoms. The van der Waals surface area contributed by atoms with Crippen LogP contribution in [0, 0.1) is 12.3 Å². The zero-order valence-corrected chi connectivity index (χ0v) is 17.0. The molecule has 4 heterocycles. The summed E-state index contributed by atoms with van der Waals surface area (Å²) in [5, 5.41) is 11.4. The van der Waals surface area contributed by atoms with Gasteiger partial charge in [-0.1, -0.05) is 6.92 Å². The van der Waals surface area contributed by atoms with Crippen molar-refractivity contribution >= 4 is 17.2 Å². The van der Waals surface area contributed by atoms with Gasteiger partial charge in [-0.3, -0.25) is 9.69 Å². The molecule has 0 unspecified atom stereocenters. The van der Waals surface area contributed by atoms with Crippen molar-refractivity contribution in [1.82, 2.24) is 30.0 Å². The molecule has 1 saturated heterocycles. The van der Waals surface area contributed by atoms with Crippen molar-refractivity contribution in [1.29, 1.82) is 0 Å². The number of rotatable bonds is 5. The Kier molecular flexibility index (Phi) is 5.27. The summed E-state index contributed by atoms with van der Waals surface area (Å²) >= 11 is 1.76. The number of nitrogens with one attached hydrogen (secondary N) is 1. The summed E-state index contributed by atoms with van der Waals surface area (Å²) in [6.07, 6.45) is 5.32. The quantitative estimate of drug-likeness (QED) is 0.851. The fraction of sp³-hybridized carbons (Fsp3) is 0.684. The summed E-state index contributed by atoms with van der Waals surface area (Å²) in [5.74, 6) is 1.36. The molecule has 0 aromatic carbocycles. The number of amides is 1. The maximum absolute atomic E-state index is 12.4. The highest BCUT2D eigenvalue weighted by Crippen LogP contribution is 2.41. The van der Waals surface area contributed by atoms with Gasteiger partial charge in [0, 0.05) is 30.9 Å². The van der Waals surface area contributed by atoms with Crippen LogP contribution in [0.2, 0.25) is 0 Å². The van der Waals surface area contributed by atoms with E-state index in [0.29, 0.717) is 12.4 Å². The molecule has 1 amide bonds. The largest absolute Gasteiger partial charge is 0.349 e. The van der Waals surface area contributed by atoms with E-state index in [1.54, 1.807) is 11.3 Å². The van der Waals surface area contributed by atoms with Crippen molar-refractivity contribution in [3.63, 3.8) is 0 Å². The molecule has 2 aliphatic rings. The molecule has 146 valence electrons. The minimum atomic E-state index is -0.0919. The summed E-state index contributed by atoms with van der Waals surface area (Å²) in [4.78, 5) is 20.7. The van der Waals surface area contributed by atoms with Crippen molar-refractivity contribution in [2.24, 2.45) is 5.41 Å². The topological polar surface area (TPSA) is 75.9 Å². The third-order valence-corrected chi connectivity index (χ3v) is 6.99. The van der Waals surface area contributed by atoms with E-state index in [1.807, 2.05) is 5.51 Å². The fourth-order valence-electron chi connectivity index (χ4n) is 4.24. The monoisotopic (exact) mass is 388 g/mol. The van der Waals surface area contributed by atoms with Crippen LogP contribution in [0.15, 0.2) is 5.51 Å². The van der Waals surface area contributed by atoms with Gasteiger partial charge in [-0.15, -0.1) is 21.5 Å². The maximum atomic E-state index is 12.4. The standard InChI is InChI=1S/C19H28N6OS/c1-3-8-20-18(26)17-23-22-16-4-5-19(12-25(16)17)6-9-24(10-7-19)11-15-14(2)21-13-27-15/h13H,3-12H2,1-2H3,(H,20,26). The highest BCUT2D eigenvalue weighted by Gasteiger charge is 2.39. The molecule has 0 aliphatic carbocycles. The van der Waals surface area contributed by atoms with Gasteiger partial charge in [-0.2, -0.15) is 0 Å². The Morgan fingerprint density at radius 2 is 2.11 bits per heavy atom. The van der Waals surface area contributed by atoms with E-state index in [-0.39, 0.29) is 11.3 Å². The molecule has 2 aromatic rings. The number of carbonyl (C=O) groups is 1. The smallest absolute Gasteiger partial charge is 0.289 e. The molecule has 27 heavy (non-hydrogen) atoms. The first-order valence-electron chi connectivity index (χ1n) is 9.92. The van der Waals surface area contributed by atoms with E-state index >= 15 is 0 Å². The molecule has 1 spiro atoms. The number of hydrogen-bond acceptors (Lipinski definition) is 6. The molecular formula is C19H28N6OS. The minimum Gasteiger partial charge on any atom is -0.349 e. The number of fused-ring (bicyclic) bond motifs is 1. The molecule has 7 nitrogen and oxygen atoms in total. The molecule has 4 rings (SSSR count). The molecule has 1 fully saturated rings. The average Bonchev–Trinajstić information content (AvgIpc) is 3.27. The SMILES string of the molecule is CCCNC(=O)c1nnc2n1CC1(CC2)CCN(Cc2scnc2C)CC1. The van der Waals surface area contributed by atoms with Crippen molar-refractivity contribution in [2.45, 2.75) is 59.0 Å². The number of hydrogen-bond donors (Lipinski definition) is 1. The van der Waals surface area contributed by atoms with E-state index in [0.717, 1.165) is 57.0 Å². The summed E-state index contributed by atoms with van der Waals surface area (Å²) in [5.41, 5.74) is 3.37. The Morgan fingerprint density at radius 1 is 1.30 bits per heavy atom. The van der Waals surface area contributed by atoms with Crippen LogP contribution in [-0.4, -0.2) is 50.2 Å². The van der Waals surface area contributed by atoms with Crippen LogP contribution < -0.4 is 5.32 Å². The maximum Gasteiger partial charge on any atom is 0.289 e. The zero-order valence-electron chi connectivity index (χ0n) is 16.2. The van der Waals surface area contributed by atoms with E-state index in [4.69, 9.17) is 0 Å². The first kappa shape index (κ1) is 18.6. The van der Waals surface area contributed by atoms with Crippen LogP contribution in [0.3, 0.4) is 0 Å². The Balaban J connectivity index is 1.41. The number of nitrogens with zero attached hydrogens (tertiary/aromatic N) is 5. The number of thiazole rings is 1. The van der Waals surface area contributed by atoms with E-state index in [1.165, 1.54) is 17.7 Å². The normalized spacial score (nSPS) is 19.2. The lowest BCUT2D eigenvalue weighted by molar-refractivity contribution is 0.0622. The molecule has 1 N–H and O–H groups in total. The third-order valence-electron chi connectivity index (χ3n) is 6.07. The van der Waals surface area contributed by atoms with E-state index in [2.05, 4.69) is 43.8 Å². The Hall–Kier alpha value is -1.80. The van der Waals surface area contributed by atoms with Crippen molar-refractivity contribution in [2.75, 3.05) is 19.6 Å². The highest BCUT2D eigenvalue weighted by molar-refractivity contribution is 7.09. The van der Waals surface area contributed by atoms with Crippen LogP contribution in [0.25, 0.3) is 0 Å². The lowest BCUT2D eigenvalue weighted by Crippen LogP contribution is -2.44. The Bertz CT molecular complexity index is 805. The summed E-state index contributed by atoms with van der Waals surface area (Å²) in [6.45, 7) is 8.91. The molecule has 0 saturated carbocycles. The number of aryl methyl sites for hydroxylation is 2. The zero-order chi connectivity index (χ0) is 18.9. The van der Waals surface area contributed by atoms with Gasteiger partial charge >= 0.3 is 0 Å². The Morgan fingerprint density at radius 3 is 2.81 bits per heavy atom. The van der Waals surface area contributed by atoms with Crippen LogP contribution in [0.1, 0.15) is 59.6 Å². The van der Waals surface area contributed by atoms with Gasteiger partial charge in [-0.05, 0) is 51.1 Å². The van der Waals surface area contributed by atoms with Gasteiger partial charge < -0.3 is 9.88 Å². The van der Waals surface area contributed by atoms with Gasteiger partial charge in [-0.25, -0.2) is 4.98 Å². The predicted octanol–water partition coefficient (Wildman–Crippen LogP) is 2.41. The average molecular weight is 389 g/mol. The molecule has 0 atom stereocenters. The Labute approximate surface area is 164 Å². The van der Waals surface area contributed by atoms with Crippen LogP contribution >= 0.6 is 11.3 Å². The van der Waals surface area contributed by atoms with Crippen LogP contribution in [-0.2, 0) is 19.5 Å². The van der Waals surface area contributed by atoms with Gasteiger partial charge in [0.05, 0.1) is 11.2 Å². The van der Waals surface area contributed by atoms with Gasteiger partial charge in [0.15, 0.2) is 0 Å². The van der Waals surface area contributed by atoms with Gasteiger partial charge in [0.2, 0.25) is 5.82 Å².